The summed E-state index contributed by atoms with van der Waals surface area (Å²) in [5.41, 5.74) is 14.6. The number of rotatable bonds is 16. The monoisotopic (exact) mass is 2040 g/mol. The second-order valence-electron chi connectivity index (χ2n) is 40.1. The fourth-order valence-corrected chi connectivity index (χ4v) is 22.6. The molecule has 39 heteroatoms. The molecule has 15 heterocycles. The van der Waals surface area contributed by atoms with Crippen molar-refractivity contribution in [1.29, 1.82) is 0 Å². The number of piperidine rings is 2. The predicted molar refractivity (Wildman–Crippen MR) is 558 cm³/mol. The number of nitrogens with two attached hydrogens (primary N) is 1. The van der Waals surface area contributed by atoms with Crippen molar-refractivity contribution in [3.05, 3.63) is 282 Å². The van der Waals surface area contributed by atoms with Crippen molar-refractivity contribution >= 4 is 68.7 Å². The number of carboxylic acids is 5. The van der Waals surface area contributed by atoms with E-state index in [9.17, 15) is 93.9 Å². The van der Waals surface area contributed by atoms with Crippen LogP contribution in [-0.4, -0.2) is 236 Å². The highest BCUT2D eigenvalue weighted by atomic mass is 16.5. The zero-order valence-electron chi connectivity index (χ0n) is 83.1. The van der Waals surface area contributed by atoms with Gasteiger partial charge in [0, 0.05) is 247 Å². The average Bonchev–Trinajstić information content (AvgIpc) is 1.56. The predicted octanol–water partition coefficient (Wildman–Crippen LogP) is 12.0. The van der Waals surface area contributed by atoms with Gasteiger partial charge in [0.25, 0.3) is 27.8 Å². The number of fused-ring (bicyclic) bond motifs is 19. The number of aromatic amines is 5. The summed E-state index contributed by atoms with van der Waals surface area (Å²) in [5, 5.41) is 104. The Morgan fingerprint density at radius 3 is 1.17 bits per heavy atom. The number of anilines is 3. The van der Waals surface area contributed by atoms with E-state index in [1.54, 1.807) is 0 Å². The maximum Gasteiger partial charge on any atom is 0.345 e. The van der Waals surface area contributed by atoms with Gasteiger partial charge in [-0.15, -0.1) is 0 Å². The lowest BCUT2D eigenvalue weighted by atomic mass is 9.94. The third kappa shape index (κ3) is 18.5. The van der Waals surface area contributed by atoms with Gasteiger partial charge < -0.3 is 139 Å². The number of H-pyrrole nitrogens is 5. The van der Waals surface area contributed by atoms with Crippen LogP contribution in [-0.2, 0) is 46.6 Å². The molecule has 5 fully saturated rings. The van der Waals surface area contributed by atoms with Crippen LogP contribution in [0.25, 0.3) is 78.1 Å². The molecule has 24 rings (SSSR count). The third-order valence-electron chi connectivity index (χ3n) is 30.6. The van der Waals surface area contributed by atoms with E-state index in [1.807, 2.05) is 144 Å². The van der Waals surface area contributed by atoms with Crippen molar-refractivity contribution in [3.63, 3.8) is 0 Å². The Hall–Kier alpha value is -17.0. The standard InChI is InChI=1S/C34H33N3O5.C21H25N3O5.C20H21N3O5.C19H19N3O5.C17H14N2O5/c1-20-19-42-27-14-23(12-13-24(27)30-28(20)32(38)29(34(40)41)33(39)35-30)36-17-25-26(18-36)31(25)37(15-21-8-4-2-5-9-21)16-22-10-6-3-7-11-22;1-11-10-29-15-8-12(24-7-6-13(9-24)23(2)3)4-5-14(15)18-16(11)19(25)17(21(27)28)20(26)22-18;1-8-7-28-13-4-9(23-5-11-12(6-23)16(11)21)2-3-10(13)17-14(8)18(24)15(20(26)27)19(25)22-17;1-20-8-10-5-9-6-12-14(7-13(9)22(10)2)27-4-3-11-16(12)21-18(24)15(17(11)23)19(25)26;1-19-4-2-8-6-10-12(7-11(8)19)24-5-3-9-14(10)18-16(21)13(15(9)20)17(22)23/h2-14,20,25-26,31H,15-19H2,1H3,(H,40,41)(H2,35,38,39);4-5,8,11,13H,6-7,9-10H2,1-3H3,(H,27,28)(H2,22,25,26);2-4,8,11-12,16H,5-7,21H2,1H3,(H,26,27)(H2,22,24,25);5-7,20H,3-4,8H2,1-2H3,(H,25,26)(H2,21,23,24);2,4,6-7H,3,5H2,1H3,(H,22,23)(H2,18,20,21)/t20?,25-,26+,31?;;8?,11-,12+,16?;;. The van der Waals surface area contributed by atoms with Gasteiger partial charge in [0.05, 0.1) is 72.5 Å². The minimum Gasteiger partial charge on any atom is -0.506 e. The SMILES string of the molecule is CC1COc2cc(N3CCC(N(C)C)C3)ccc2-c2[nH]c(=O)c(C(=O)O)c(O)c21.CC1COc2cc(N3C[C@@H]4C(N(Cc5ccccc5)Cc5ccccc5)[C@@H]4C3)ccc2-c2[nH]c(=O)c(C(=O)O)c(O)c21.CC1COc2cc(N3C[C@@H]4C(N)[C@@H]4C3)ccc2-c2[nH]c(=O)c(C(=O)O)c(O)c21.CNCc1cc2cc3c(cc2n1C)OCCc1c-3[nH]c(=O)c(C(=O)O)c1O.Cn1ccc2cc3c(cc21)OCCc1c-3[nH]c(=O)c(C(=O)O)c1O. The van der Waals surface area contributed by atoms with Gasteiger partial charge in [-0.3, -0.25) is 28.9 Å². The van der Waals surface area contributed by atoms with Crippen molar-refractivity contribution in [2.75, 3.05) is 108 Å². The van der Waals surface area contributed by atoms with Gasteiger partial charge in [-0.1, -0.05) is 81.4 Å². The Morgan fingerprint density at radius 2 is 0.787 bits per heavy atom. The largest absolute Gasteiger partial charge is 0.506 e. The molecule has 7 aromatic carbocycles. The first-order valence-corrected chi connectivity index (χ1v) is 49.4. The first-order chi connectivity index (χ1) is 71.9. The summed E-state index contributed by atoms with van der Waals surface area (Å²) in [7, 11) is 9.94. The molecule has 0 amide bonds. The number of aryl methyl sites for hydroxylation is 2. The number of nitrogens with one attached hydrogen (secondary N) is 6. The Labute approximate surface area is 855 Å². The number of carbonyl (C=O) groups is 5. The Morgan fingerprint density at radius 1 is 0.420 bits per heavy atom. The molecule has 8 aliphatic heterocycles. The second kappa shape index (κ2) is 40.0. The summed E-state index contributed by atoms with van der Waals surface area (Å²) >= 11 is 0. The highest BCUT2D eigenvalue weighted by molar-refractivity contribution is 5.98. The summed E-state index contributed by atoms with van der Waals surface area (Å²) < 4.78 is 33.7. The molecule has 39 nitrogen and oxygen atoms in total. The molecule has 6 unspecified atom stereocenters. The summed E-state index contributed by atoms with van der Waals surface area (Å²) in [5.74, 6) is -5.37. The van der Waals surface area contributed by atoms with E-state index in [2.05, 4.69) is 134 Å². The number of ether oxygens (including phenoxy) is 5. The number of aromatic nitrogens is 7. The number of pyridine rings is 5. The van der Waals surface area contributed by atoms with Crippen LogP contribution in [0.1, 0.15) is 141 Å². The van der Waals surface area contributed by atoms with E-state index in [0.717, 1.165) is 103 Å². The molecule has 2 aliphatic carbocycles. The smallest absolute Gasteiger partial charge is 0.345 e. The number of carboxylic acid groups (broad SMARTS) is 5. The van der Waals surface area contributed by atoms with Gasteiger partial charge in [-0.2, -0.15) is 0 Å². The molecule has 18 N–H and O–H groups in total. The zero-order chi connectivity index (χ0) is 106. The molecule has 3 saturated heterocycles. The summed E-state index contributed by atoms with van der Waals surface area (Å²) in [6.07, 6.45) is 3.58. The van der Waals surface area contributed by atoms with Crippen LogP contribution in [0, 0.1) is 23.7 Å². The van der Waals surface area contributed by atoms with Gasteiger partial charge in [-0.25, -0.2) is 24.0 Å². The van der Waals surface area contributed by atoms with Crippen LogP contribution < -0.4 is 77.2 Å². The zero-order valence-corrected chi connectivity index (χ0v) is 83.1. The van der Waals surface area contributed by atoms with E-state index in [1.165, 1.54) is 11.1 Å². The minimum atomic E-state index is -1.46. The van der Waals surface area contributed by atoms with E-state index in [4.69, 9.17) is 34.5 Å². The lowest BCUT2D eigenvalue weighted by molar-refractivity contribution is 0.0680. The van der Waals surface area contributed by atoms with E-state index >= 15 is 0 Å². The van der Waals surface area contributed by atoms with Crippen molar-refractivity contribution in [2.45, 2.75) is 95.5 Å². The molecule has 10 atom stereocenters. The summed E-state index contributed by atoms with van der Waals surface area (Å²) in [6, 6.07) is 51.7. The number of likely N-dealkylation sites (N-methyl/N-ethyl adjacent to an activating group) is 1. The number of hydrogen-bond donors (Lipinski definition) is 17. The first-order valence-electron chi connectivity index (χ1n) is 49.4. The van der Waals surface area contributed by atoms with Crippen molar-refractivity contribution in [1.82, 2.24) is 49.2 Å². The Bertz CT molecular complexity index is 8100. The lowest BCUT2D eigenvalue weighted by Crippen LogP contribution is -2.34. The quantitative estimate of drug-likeness (QED) is 0.0427. The molecule has 0 radical (unpaired) electrons. The highest BCUT2D eigenvalue weighted by Crippen LogP contribution is 2.55. The maximum absolute atomic E-state index is 12.6. The molecular weight excluding hydrogens is 1930 g/mol. The normalized spacial score (nSPS) is 19.7. The molecule has 150 heavy (non-hydrogen) atoms. The topological polar surface area (TPSA) is 562 Å². The van der Waals surface area contributed by atoms with Crippen LogP contribution in [0.2, 0.25) is 0 Å². The maximum atomic E-state index is 12.6. The van der Waals surface area contributed by atoms with Gasteiger partial charge in [0.1, 0.15) is 57.5 Å². The molecule has 776 valence electrons. The number of aromatic carboxylic acids is 5. The Balaban J connectivity index is 0.000000115. The number of hydrogen-bond acceptors (Lipinski definition) is 27. The van der Waals surface area contributed by atoms with Crippen molar-refractivity contribution < 1.29 is 98.7 Å². The third-order valence-corrected chi connectivity index (χ3v) is 30.6. The van der Waals surface area contributed by atoms with Crippen LogP contribution in [0.4, 0.5) is 17.1 Å². The number of aromatic hydroxyl groups is 5. The highest BCUT2D eigenvalue weighted by Gasteiger charge is 2.59. The van der Waals surface area contributed by atoms with E-state index in [-0.39, 0.29) is 57.2 Å². The molecule has 10 aliphatic rings. The van der Waals surface area contributed by atoms with Crippen LogP contribution in [0.3, 0.4) is 0 Å². The van der Waals surface area contributed by atoms with Crippen LogP contribution in [0.15, 0.2) is 182 Å². The molecule has 14 aromatic rings. The van der Waals surface area contributed by atoms with Gasteiger partial charge in [-0.05, 0) is 123 Å². The second-order valence-corrected chi connectivity index (χ2v) is 40.1. The fourth-order valence-electron chi connectivity index (χ4n) is 22.6. The van der Waals surface area contributed by atoms with Crippen molar-refractivity contribution in [2.24, 2.45) is 43.5 Å². The molecule has 0 bridgehead atoms. The van der Waals surface area contributed by atoms with E-state index in [0.29, 0.717) is 168 Å². The molecular formula is C111H112N14O25. The van der Waals surface area contributed by atoms with Crippen LogP contribution in [0.5, 0.6) is 57.5 Å². The van der Waals surface area contributed by atoms with Crippen LogP contribution >= 0.6 is 0 Å². The van der Waals surface area contributed by atoms with Crippen molar-refractivity contribution in [3.8, 4) is 114 Å². The summed E-state index contributed by atoms with van der Waals surface area (Å²) in [6.45, 7) is 15.0. The molecule has 2 saturated carbocycles. The Kier molecular flexibility index (Phi) is 26.7. The summed E-state index contributed by atoms with van der Waals surface area (Å²) in [4.78, 5) is 144. The number of nitrogens with zero attached hydrogens (tertiary/aromatic N) is 7. The van der Waals surface area contributed by atoms with Gasteiger partial charge in [0.15, 0.2) is 27.8 Å². The van der Waals surface area contributed by atoms with E-state index < -0.39 is 114 Å². The average molecular weight is 2040 g/mol. The number of benzene rings is 7. The fraction of sp³-hybridized carbons (Fsp3) is 0.315. The molecule has 0 spiro atoms. The lowest BCUT2D eigenvalue weighted by Gasteiger charge is -2.29. The minimum absolute atomic E-state index is 0.253. The first kappa shape index (κ1) is 100. The van der Waals surface area contributed by atoms with Gasteiger partial charge >= 0.3 is 29.8 Å². The van der Waals surface area contributed by atoms with Gasteiger partial charge in [0.2, 0.25) is 0 Å². The molecule has 7 aromatic heterocycles.